The topological polar surface area (TPSA) is 54.5 Å². The molecule has 27 heavy (non-hydrogen) atoms. The monoisotopic (exact) mass is 367 g/mol. The number of hydrogen-bond donors (Lipinski definition) is 1. The molecule has 1 aliphatic carbocycles. The fourth-order valence-corrected chi connectivity index (χ4v) is 3.70. The minimum atomic E-state index is -0.195. The summed E-state index contributed by atoms with van der Waals surface area (Å²) in [6.07, 6.45) is 8.14. The van der Waals surface area contributed by atoms with Gasteiger partial charge in [-0.15, -0.1) is 0 Å². The molecule has 3 rings (SSSR count). The SMILES string of the molecule is CCOc1ncccc1C(=O)Nc1ccccc1CN(C)C1CCCCC1. The van der Waals surface area contributed by atoms with Crippen LogP contribution < -0.4 is 10.1 Å². The zero-order valence-corrected chi connectivity index (χ0v) is 16.3. The summed E-state index contributed by atoms with van der Waals surface area (Å²) in [7, 11) is 2.18. The summed E-state index contributed by atoms with van der Waals surface area (Å²) in [4.78, 5) is 19.4. The summed E-state index contributed by atoms with van der Waals surface area (Å²) in [5, 5.41) is 3.05. The number of pyridine rings is 1. The molecule has 1 N–H and O–H groups in total. The molecule has 0 spiro atoms. The molecule has 5 heteroatoms. The Hall–Kier alpha value is -2.40. The van der Waals surface area contributed by atoms with Gasteiger partial charge in [0.05, 0.1) is 6.61 Å². The smallest absolute Gasteiger partial charge is 0.261 e. The lowest BCUT2D eigenvalue weighted by Gasteiger charge is -2.31. The van der Waals surface area contributed by atoms with Crippen molar-refractivity contribution in [3.05, 3.63) is 53.7 Å². The number of anilines is 1. The Kier molecular flexibility index (Phi) is 6.82. The summed E-state index contributed by atoms with van der Waals surface area (Å²) < 4.78 is 5.49. The second-order valence-corrected chi connectivity index (χ2v) is 7.11. The number of carbonyl (C=O) groups is 1. The van der Waals surface area contributed by atoms with Crippen LogP contribution in [0.3, 0.4) is 0 Å². The zero-order chi connectivity index (χ0) is 19.1. The van der Waals surface area contributed by atoms with Gasteiger partial charge in [0.1, 0.15) is 5.56 Å². The molecule has 0 aliphatic heterocycles. The van der Waals surface area contributed by atoms with Crippen LogP contribution in [0, 0.1) is 0 Å². The van der Waals surface area contributed by atoms with Crippen LogP contribution in [0.5, 0.6) is 5.88 Å². The van der Waals surface area contributed by atoms with Crippen molar-refractivity contribution in [2.24, 2.45) is 0 Å². The average Bonchev–Trinajstić information content (AvgIpc) is 2.70. The van der Waals surface area contributed by atoms with Gasteiger partial charge in [-0.3, -0.25) is 9.69 Å². The molecule has 1 saturated carbocycles. The van der Waals surface area contributed by atoms with Crippen molar-refractivity contribution < 1.29 is 9.53 Å². The minimum absolute atomic E-state index is 0.195. The lowest BCUT2D eigenvalue weighted by atomic mass is 9.94. The molecule has 1 heterocycles. The number of benzene rings is 1. The van der Waals surface area contributed by atoms with Crippen molar-refractivity contribution >= 4 is 11.6 Å². The van der Waals surface area contributed by atoms with Gasteiger partial charge in [0.2, 0.25) is 5.88 Å². The fourth-order valence-electron chi connectivity index (χ4n) is 3.70. The van der Waals surface area contributed by atoms with Gasteiger partial charge in [-0.05, 0) is 50.6 Å². The largest absolute Gasteiger partial charge is 0.477 e. The molecule has 1 aromatic carbocycles. The molecule has 0 bridgehead atoms. The Morgan fingerprint density at radius 2 is 1.96 bits per heavy atom. The normalized spacial score (nSPS) is 14.9. The molecule has 0 saturated heterocycles. The first kappa shape index (κ1) is 19.4. The van der Waals surface area contributed by atoms with E-state index in [0.717, 1.165) is 17.8 Å². The third-order valence-electron chi connectivity index (χ3n) is 5.18. The number of carbonyl (C=O) groups excluding carboxylic acids is 1. The summed E-state index contributed by atoms with van der Waals surface area (Å²) in [5.74, 6) is 0.175. The van der Waals surface area contributed by atoms with E-state index in [0.29, 0.717) is 24.1 Å². The number of para-hydroxylation sites is 1. The van der Waals surface area contributed by atoms with E-state index in [2.05, 4.69) is 28.3 Å². The molecule has 1 fully saturated rings. The quantitative estimate of drug-likeness (QED) is 0.783. The van der Waals surface area contributed by atoms with Crippen LogP contribution in [0.4, 0.5) is 5.69 Å². The van der Waals surface area contributed by atoms with Crippen LogP contribution in [0.15, 0.2) is 42.6 Å². The van der Waals surface area contributed by atoms with Gasteiger partial charge in [-0.2, -0.15) is 0 Å². The molecular weight excluding hydrogens is 338 g/mol. The summed E-state index contributed by atoms with van der Waals surface area (Å²) in [6, 6.07) is 12.1. The summed E-state index contributed by atoms with van der Waals surface area (Å²) in [5.41, 5.74) is 2.42. The Balaban J connectivity index is 1.73. The van der Waals surface area contributed by atoms with Gasteiger partial charge >= 0.3 is 0 Å². The Morgan fingerprint density at radius 1 is 1.19 bits per heavy atom. The minimum Gasteiger partial charge on any atom is -0.477 e. The molecule has 0 radical (unpaired) electrons. The molecule has 144 valence electrons. The number of aromatic nitrogens is 1. The van der Waals surface area contributed by atoms with Crippen LogP contribution in [-0.2, 0) is 6.54 Å². The Labute approximate surface area is 161 Å². The summed E-state index contributed by atoms with van der Waals surface area (Å²) in [6.45, 7) is 3.18. The fraction of sp³-hybridized carbons (Fsp3) is 0.455. The van der Waals surface area contributed by atoms with Crippen LogP contribution in [-0.4, -0.2) is 35.5 Å². The first-order valence-electron chi connectivity index (χ1n) is 9.86. The standard InChI is InChI=1S/C22H29N3O2/c1-3-27-22-19(13-9-15-23-22)21(26)24-20-14-8-7-10-17(20)16-25(2)18-11-5-4-6-12-18/h7-10,13-15,18H,3-6,11-12,16H2,1-2H3,(H,24,26). The van der Waals surface area contributed by atoms with E-state index in [1.807, 2.05) is 25.1 Å². The van der Waals surface area contributed by atoms with E-state index in [9.17, 15) is 4.79 Å². The number of nitrogens with zero attached hydrogens (tertiary/aromatic N) is 2. The van der Waals surface area contributed by atoms with E-state index in [1.165, 1.54) is 32.1 Å². The second-order valence-electron chi connectivity index (χ2n) is 7.11. The highest BCUT2D eigenvalue weighted by Crippen LogP contribution is 2.25. The van der Waals surface area contributed by atoms with Gasteiger partial charge in [0.15, 0.2) is 0 Å². The molecule has 0 unspecified atom stereocenters. The first-order chi connectivity index (χ1) is 13.2. The van der Waals surface area contributed by atoms with Crippen LogP contribution >= 0.6 is 0 Å². The zero-order valence-electron chi connectivity index (χ0n) is 16.3. The highest BCUT2D eigenvalue weighted by molar-refractivity contribution is 6.06. The lowest BCUT2D eigenvalue weighted by molar-refractivity contribution is 0.102. The van der Waals surface area contributed by atoms with Crippen molar-refractivity contribution in [1.82, 2.24) is 9.88 Å². The Morgan fingerprint density at radius 3 is 2.74 bits per heavy atom. The highest BCUT2D eigenvalue weighted by atomic mass is 16.5. The van der Waals surface area contributed by atoms with Crippen LogP contribution in [0.25, 0.3) is 0 Å². The third kappa shape index (κ3) is 5.07. The number of rotatable bonds is 7. The molecule has 1 aliphatic rings. The van der Waals surface area contributed by atoms with Crippen molar-refractivity contribution in [3.8, 4) is 5.88 Å². The number of nitrogens with one attached hydrogen (secondary N) is 1. The van der Waals surface area contributed by atoms with Gasteiger partial charge in [-0.25, -0.2) is 4.98 Å². The summed E-state index contributed by atoms with van der Waals surface area (Å²) >= 11 is 0. The van der Waals surface area contributed by atoms with Crippen molar-refractivity contribution in [2.45, 2.75) is 51.6 Å². The van der Waals surface area contributed by atoms with E-state index in [4.69, 9.17) is 4.74 Å². The molecule has 0 atom stereocenters. The van der Waals surface area contributed by atoms with Crippen LogP contribution in [0.1, 0.15) is 54.9 Å². The third-order valence-corrected chi connectivity index (χ3v) is 5.18. The second kappa shape index (κ2) is 9.51. The van der Waals surface area contributed by atoms with Gasteiger partial charge in [-0.1, -0.05) is 37.5 Å². The van der Waals surface area contributed by atoms with Gasteiger partial charge in [0.25, 0.3) is 5.91 Å². The van der Waals surface area contributed by atoms with E-state index < -0.39 is 0 Å². The number of hydrogen-bond acceptors (Lipinski definition) is 4. The molecule has 1 amide bonds. The van der Waals surface area contributed by atoms with Crippen molar-refractivity contribution in [1.29, 1.82) is 0 Å². The molecule has 2 aromatic rings. The van der Waals surface area contributed by atoms with Gasteiger partial charge < -0.3 is 10.1 Å². The predicted octanol–water partition coefficient (Wildman–Crippen LogP) is 4.50. The maximum Gasteiger partial charge on any atom is 0.261 e. The lowest BCUT2D eigenvalue weighted by Crippen LogP contribution is -2.33. The first-order valence-corrected chi connectivity index (χ1v) is 9.86. The molecular formula is C22H29N3O2. The van der Waals surface area contributed by atoms with Crippen LogP contribution in [0.2, 0.25) is 0 Å². The average molecular weight is 367 g/mol. The van der Waals surface area contributed by atoms with E-state index in [-0.39, 0.29) is 5.91 Å². The number of ether oxygens (including phenoxy) is 1. The van der Waals surface area contributed by atoms with Crippen molar-refractivity contribution in [3.63, 3.8) is 0 Å². The van der Waals surface area contributed by atoms with E-state index in [1.54, 1.807) is 18.3 Å². The highest BCUT2D eigenvalue weighted by Gasteiger charge is 2.20. The van der Waals surface area contributed by atoms with Gasteiger partial charge in [0, 0.05) is 24.5 Å². The predicted molar refractivity (Wildman–Crippen MR) is 108 cm³/mol. The Bertz CT molecular complexity index is 757. The number of amides is 1. The molecule has 1 aromatic heterocycles. The maximum atomic E-state index is 12.8. The maximum absolute atomic E-state index is 12.8. The van der Waals surface area contributed by atoms with Crippen molar-refractivity contribution in [2.75, 3.05) is 19.0 Å². The van der Waals surface area contributed by atoms with E-state index >= 15 is 0 Å². The molecule has 5 nitrogen and oxygen atoms in total.